The number of guanidine groups is 1. The summed E-state index contributed by atoms with van der Waals surface area (Å²) in [5, 5.41) is 20.6. The average Bonchev–Trinajstić information content (AvgIpc) is 3.15. The molecule has 1 aromatic carbocycles. The molecule has 0 aliphatic heterocycles. The second-order valence-electron chi connectivity index (χ2n) is 5.63. The normalized spacial score (nSPS) is 11.4. The first-order valence-corrected chi connectivity index (χ1v) is 8.75. The minimum Gasteiger partial charge on any atom is -0.490 e. The van der Waals surface area contributed by atoms with Crippen LogP contribution in [-0.4, -0.2) is 47.5 Å². The van der Waals surface area contributed by atoms with E-state index in [-0.39, 0.29) is 23.7 Å². The minimum absolute atomic E-state index is 0.0313. The van der Waals surface area contributed by atoms with E-state index in [4.69, 9.17) is 4.74 Å². The molecule has 2 rings (SSSR count). The average molecular weight is 412 g/mol. The van der Waals surface area contributed by atoms with Crippen molar-refractivity contribution in [2.24, 2.45) is 4.99 Å². The van der Waals surface area contributed by atoms with Crippen LogP contribution in [0.25, 0.3) is 0 Å². The predicted molar refractivity (Wildman–Crippen MR) is 101 cm³/mol. The van der Waals surface area contributed by atoms with Crippen LogP contribution in [0, 0.1) is 10.1 Å². The third-order valence-electron chi connectivity index (χ3n) is 3.70. The number of alkyl halides is 2. The standard InChI is InChI=1S/C17H22F2N6O4/c1-3-28-14-6-4-5-12(15(14)29-16(18)19)9-22-17(20-2)21-7-8-24-11-13(10-23-24)25(26)27/h4-6,10-11,16H,3,7-9H2,1-2H3,(H2,20,21,22). The first kappa shape index (κ1) is 21.9. The quantitative estimate of drug-likeness (QED) is 0.266. The molecule has 2 N–H and O–H groups in total. The van der Waals surface area contributed by atoms with Crippen molar-refractivity contribution in [2.75, 3.05) is 20.2 Å². The number of rotatable bonds is 10. The first-order chi connectivity index (χ1) is 13.9. The van der Waals surface area contributed by atoms with Crippen LogP contribution in [0.5, 0.6) is 11.5 Å². The van der Waals surface area contributed by atoms with Gasteiger partial charge in [0.1, 0.15) is 12.4 Å². The van der Waals surface area contributed by atoms with Crippen LogP contribution in [0.15, 0.2) is 35.6 Å². The van der Waals surface area contributed by atoms with Gasteiger partial charge in [-0.15, -0.1) is 0 Å². The number of nitrogens with zero attached hydrogens (tertiary/aromatic N) is 4. The number of aromatic nitrogens is 2. The van der Waals surface area contributed by atoms with Gasteiger partial charge < -0.3 is 20.1 Å². The summed E-state index contributed by atoms with van der Waals surface area (Å²) in [5.41, 5.74) is 0.384. The summed E-state index contributed by atoms with van der Waals surface area (Å²) in [6.45, 7) is -0.00421. The second kappa shape index (κ2) is 10.8. The summed E-state index contributed by atoms with van der Waals surface area (Å²) in [4.78, 5) is 14.2. The molecule has 0 atom stereocenters. The van der Waals surface area contributed by atoms with Crippen molar-refractivity contribution in [3.8, 4) is 11.5 Å². The molecule has 158 valence electrons. The summed E-state index contributed by atoms with van der Waals surface area (Å²) >= 11 is 0. The lowest BCUT2D eigenvalue weighted by Gasteiger charge is -2.17. The van der Waals surface area contributed by atoms with Gasteiger partial charge in [-0.3, -0.25) is 19.8 Å². The van der Waals surface area contributed by atoms with E-state index in [0.717, 1.165) is 0 Å². The zero-order chi connectivity index (χ0) is 21.2. The Morgan fingerprint density at radius 3 is 2.83 bits per heavy atom. The Kier molecular flexibility index (Phi) is 8.12. The highest BCUT2D eigenvalue weighted by molar-refractivity contribution is 5.79. The summed E-state index contributed by atoms with van der Waals surface area (Å²) in [7, 11) is 1.56. The lowest BCUT2D eigenvalue weighted by Crippen LogP contribution is -2.38. The monoisotopic (exact) mass is 412 g/mol. The topological polar surface area (TPSA) is 116 Å². The maximum Gasteiger partial charge on any atom is 0.387 e. The van der Waals surface area contributed by atoms with Gasteiger partial charge in [0.05, 0.1) is 18.1 Å². The number of benzene rings is 1. The third-order valence-corrected chi connectivity index (χ3v) is 3.70. The molecule has 10 nitrogen and oxygen atoms in total. The van der Waals surface area contributed by atoms with Gasteiger partial charge in [-0.25, -0.2) is 0 Å². The smallest absolute Gasteiger partial charge is 0.387 e. The van der Waals surface area contributed by atoms with Crippen LogP contribution in [0.3, 0.4) is 0 Å². The number of ether oxygens (including phenoxy) is 2. The van der Waals surface area contributed by atoms with E-state index >= 15 is 0 Å². The lowest BCUT2D eigenvalue weighted by molar-refractivity contribution is -0.385. The SMILES string of the molecule is CCOc1cccc(CNC(=NC)NCCn2cc([N+](=O)[O-])cn2)c1OC(F)F. The molecule has 29 heavy (non-hydrogen) atoms. The zero-order valence-electron chi connectivity index (χ0n) is 16.0. The maximum atomic E-state index is 12.8. The fourth-order valence-electron chi connectivity index (χ4n) is 2.45. The van der Waals surface area contributed by atoms with Gasteiger partial charge in [-0.2, -0.15) is 13.9 Å². The van der Waals surface area contributed by atoms with E-state index in [1.54, 1.807) is 32.2 Å². The van der Waals surface area contributed by atoms with Crippen LogP contribution in [0.4, 0.5) is 14.5 Å². The van der Waals surface area contributed by atoms with E-state index in [1.165, 1.54) is 17.1 Å². The third kappa shape index (κ3) is 6.59. The Bertz CT molecular complexity index is 843. The molecule has 0 amide bonds. The fourth-order valence-corrected chi connectivity index (χ4v) is 2.45. The van der Waals surface area contributed by atoms with Crippen LogP contribution in [0.1, 0.15) is 12.5 Å². The van der Waals surface area contributed by atoms with Crippen LogP contribution in [0.2, 0.25) is 0 Å². The van der Waals surface area contributed by atoms with Gasteiger partial charge in [0, 0.05) is 25.7 Å². The molecule has 0 saturated heterocycles. The van der Waals surface area contributed by atoms with E-state index in [1.807, 2.05) is 0 Å². The van der Waals surface area contributed by atoms with Crippen molar-refractivity contribution in [3.05, 3.63) is 46.3 Å². The molecule has 0 fully saturated rings. The Morgan fingerprint density at radius 2 is 2.21 bits per heavy atom. The summed E-state index contributed by atoms with van der Waals surface area (Å²) < 4.78 is 37.0. The van der Waals surface area contributed by atoms with E-state index in [2.05, 4.69) is 25.5 Å². The summed E-state index contributed by atoms with van der Waals surface area (Å²) in [5.74, 6) is 0.614. The number of aliphatic imine (C=N–C) groups is 1. The maximum absolute atomic E-state index is 12.8. The molecule has 0 aliphatic carbocycles. The molecule has 0 spiro atoms. The molecule has 0 unspecified atom stereocenters. The molecule has 0 saturated carbocycles. The van der Waals surface area contributed by atoms with Gasteiger partial charge >= 0.3 is 12.3 Å². The van der Waals surface area contributed by atoms with Gasteiger partial charge in [-0.05, 0) is 13.0 Å². The highest BCUT2D eigenvalue weighted by Gasteiger charge is 2.16. The molecule has 1 heterocycles. The molecular formula is C17H22F2N6O4. The molecular weight excluding hydrogens is 390 g/mol. The number of nitrogens with one attached hydrogen (secondary N) is 2. The Morgan fingerprint density at radius 1 is 1.41 bits per heavy atom. The fraction of sp³-hybridized carbons (Fsp3) is 0.412. The number of para-hydroxylation sites is 1. The van der Waals surface area contributed by atoms with Crippen molar-refractivity contribution >= 4 is 11.6 Å². The van der Waals surface area contributed by atoms with Crippen molar-refractivity contribution < 1.29 is 23.2 Å². The number of halogens is 2. The number of hydrogen-bond donors (Lipinski definition) is 2. The molecule has 1 aromatic heterocycles. The molecule has 0 radical (unpaired) electrons. The molecule has 12 heteroatoms. The van der Waals surface area contributed by atoms with Crippen LogP contribution >= 0.6 is 0 Å². The number of hydrogen-bond acceptors (Lipinski definition) is 6. The highest BCUT2D eigenvalue weighted by Crippen LogP contribution is 2.32. The van der Waals surface area contributed by atoms with E-state index < -0.39 is 11.5 Å². The summed E-state index contributed by atoms with van der Waals surface area (Å²) in [6, 6.07) is 4.88. The van der Waals surface area contributed by atoms with E-state index in [9.17, 15) is 18.9 Å². The molecule has 0 aliphatic rings. The van der Waals surface area contributed by atoms with Gasteiger partial charge in [0.25, 0.3) is 0 Å². The van der Waals surface area contributed by atoms with Gasteiger partial charge in [0.2, 0.25) is 0 Å². The highest BCUT2D eigenvalue weighted by atomic mass is 19.3. The van der Waals surface area contributed by atoms with Crippen molar-refractivity contribution in [1.82, 2.24) is 20.4 Å². The Hall–Kier alpha value is -3.44. The van der Waals surface area contributed by atoms with Crippen LogP contribution in [-0.2, 0) is 13.1 Å². The molecule has 2 aromatic rings. The molecule has 0 bridgehead atoms. The lowest BCUT2D eigenvalue weighted by atomic mass is 10.2. The van der Waals surface area contributed by atoms with Gasteiger partial charge in [0.15, 0.2) is 17.5 Å². The Labute approximate surface area is 165 Å². The first-order valence-electron chi connectivity index (χ1n) is 8.75. The van der Waals surface area contributed by atoms with Crippen molar-refractivity contribution in [2.45, 2.75) is 26.6 Å². The number of nitro groups is 1. The Balaban J connectivity index is 1.94. The van der Waals surface area contributed by atoms with E-state index in [0.29, 0.717) is 31.2 Å². The minimum atomic E-state index is -2.98. The van der Waals surface area contributed by atoms with Crippen molar-refractivity contribution in [3.63, 3.8) is 0 Å². The van der Waals surface area contributed by atoms with Crippen molar-refractivity contribution in [1.29, 1.82) is 0 Å². The summed E-state index contributed by atoms with van der Waals surface area (Å²) in [6.07, 6.45) is 2.49. The second-order valence-corrected chi connectivity index (χ2v) is 5.63. The van der Waals surface area contributed by atoms with Gasteiger partial charge in [-0.1, -0.05) is 12.1 Å². The largest absolute Gasteiger partial charge is 0.490 e. The predicted octanol–water partition coefficient (Wildman–Crippen LogP) is 2.16. The van der Waals surface area contributed by atoms with Crippen LogP contribution < -0.4 is 20.1 Å². The zero-order valence-corrected chi connectivity index (χ0v) is 16.0.